The van der Waals surface area contributed by atoms with E-state index in [1.807, 2.05) is 6.07 Å². The number of rotatable bonds is 5. The Bertz CT molecular complexity index is 438. The molecule has 5 nitrogen and oxygen atoms in total. The lowest BCUT2D eigenvalue weighted by molar-refractivity contribution is -0.122. The third-order valence-electron chi connectivity index (χ3n) is 3.40. The van der Waals surface area contributed by atoms with Crippen LogP contribution in [-0.2, 0) is 11.3 Å². The average molecular weight is 274 g/mol. The average Bonchev–Trinajstić information content (AvgIpc) is 2.48. The van der Waals surface area contributed by atoms with Crippen LogP contribution < -0.4 is 5.43 Å². The first-order chi connectivity index (χ1) is 9.78. The van der Waals surface area contributed by atoms with Gasteiger partial charge in [0.1, 0.15) is 0 Å². The maximum atomic E-state index is 11.6. The molecule has 1 aliphatic heterocycles. The number of nitrogens with zero attached hydrogens (tertiary/aromatic N) is 3. The van der Waals surface area contributed by atoms with E-state index in [1.165, 1.54) is 5.56 Å². The smallest absolute Gasteiger partial charge is 0.254 e. The molecule has 1 fully saturated rings. The van der Waals surface area contributed by atoms with Gasteiger partial charge in [0, 0.05) is 38.9 Å². The molecule has 1 amide bonds. The van der Waals surface area contributed by atoms with E-state index in [-0.39, 0.29) is 5.91 Å². The molecule has 2 rings (SSSR count). The van der Waals surface area contributed by atoms with Crippen LogP contribution in [0.5, 0.6) is 0 Å². The van der Waals surface area contributed by atoms with E-state index in [2.05, 4.69) is 44.6 Å². The molecule has 0 atom stereocenters. The molecule has 20 heavy (non-hydrogen) atoms. The highest BCUT2D eigenvalue weighted by Gasteiger charge is 2.18. The van der Waals surface area contributed by atoms with E-state index in [0.29, 0.717) is 6.54 Å². The Morgan fingerprint density at radius 3 is 2.50 bits per heavy atom. The summed E-state index contributed by atoms with van der Waals surface area (Å²) in [6.45, 7) is 7.05. The zero-order chi connectivity index (χ0) is 14.2. The lowest BCUT2D eigenvalue weighted by Crippen LogP contribution is -2.48. The summed E-state index contributed by atoms with van der Waals surface area (Å²) in [6.07, 6.45) is 1.58. The molecule has 1 aromatic rings. The van der Waals surface area contributed by atoms with Crippen molar-refractivity contribution >= 4 is 12.1 Å². The number of amides is 1. The summed E-state index contributed by atoms with van der Waals surface area (Å²) in [6, 6.07) is 10.5. The van der Waals surface area contributed by atoms with Crippen LogP contribution in [0.25, 0.3) is 0 Å². The minimum Gasteiger partial charge on any atom is -0.297 e. The van der Waals surface area contributed by atoms with Crippen LogP contribution in [0.3, 0.4) is 0 Å². The van der Waals surface area contributed by atoms with Crippen molar-refractivity contribution in [3.8, 4) is 0 Å². The number of carbonyl (C=O) groups is 1. The summed E-state index contributed by atoms with van der Waals surface area (Å²) < 4.78 is 0. The Hall–Kier alpha value is -1.72. The molecule has 1 saturated heterocycles. The third-order valence-corrected chi connectivity index (χ3v) is 3.40. The molecule has 5 heteroatoms. The Kier molecular flexibility index (Phi) is 5.70. The molecule has 0 aromatic heterocycles. The summed E-state index contributed by atoms with van der Waals surface area (Å²) in [4.78, 5) is 16.2. The fourth-order valence-corrected chi connectivity index (χ4v) is 2.32. The number of carbonyl (C=O) groups excluding carboxylic acids is 1. The highest BCUT2D eigenvalue weighted by Crippen LogP contribution is 2.08. The van der Waals surface area contributed by atoms with E-state index in [1.54, 1.807) is 13.1 Å². The van der Waals surface area contributed by atoms with Crippen LogP contribution in [0, 0.1) is 0 Å². The first-order valence-corrected chi connectivity index (χ1v) is 7.03. The predicted octanol–water partition coefficient (Wildman–Crippen LogP) is 0.926. The normalized spacial score (nSPS) is 17.4. The van der Waals surface area contributed by atoms with Crippen molar-refractivity contribution in [2.45, 2.75) is 13.5 Å². The first kappa shape index (κ1) is 14.7. The van der Waals surface area contributed by atoms with E-state index in [9.17, 15) is 4.79 Å². The van der Waals surface area contributed by atoms with Gasteiger partial charge in [-0.1, -0.05) is 30.3 Å². The lowest BCUT2D eigenvalue weighted by Gasteiger charge is -2.34. The molecule has 0 radical (unpaired) electrons. The van der Waals surface area contributed by atoms with Gasteiger partial charge < -0.3 is 0 Å². The van der Waals surface area contributed by atoms with Gasteiger partial charge in [-0.3, -0.25) is 14.6 Å². The maximum Gasteiger partial charge on any atom is 0.254 e. The number of hydrazone groups is 1. The molecule has 1 aromatic carbocycles. The number of benzene rings is 1. The molecule has 0 unspecified atom stereocenters. The molecule has 0 saturated carbocycles. The van der Waals surface area contributed by atoms with Gasteiger partial charge in [-0.05, 0) is 12.5 Å². The van der Waals surface area contributed by atoms with Crippen LogP contribution in [0.1, 0.15) is 12.5 Å². The second-order valence-electron chi connectivity index (χ2n) is 4.96. The number of hydrogen-bond acceptors (Lipinski definition) is 4. The first-order valence-electron chi connectivity index (χ1n) is 7.03. The predicted molar refractivity (Wildman–Crippen MR) is 80.5 cm³/mol. The lowest BCUT2D eigenvalue weighted by atomic mass is 10.2. The molecule has 0 aliphatic carbocycles. The molecule has 1 aliphatic rings. The monoisotopic (exact) mass is 274 g/mol. The minimum atomic E-state index is -0.0420. The molecule has 1 N–H and O–H groups in total. The maximum absolute atomic E-state index is 11.6. The Balaban J connectivity index is 1.71. The molecular weight excluding hydrogens is 252 g/mol. The second-order valence-corrected chi connectivity index (χ2v) is 4.96. The third kappa shape index (κ3) is 4.75. The molecular formula is C15H22N4O. The van der Waals surface area contributed by atoms with Crippen LogP contribution >= 0.6 is 0 Å². The number of piperazine rings is 1. The molecule has 1 heterocycles. The van der Waals surface area contributed by atoms with Crippen molar-refractivity contribution in [2.75, 3.05) is 32.7 Å². The summed E-state index contributed by atoms with van der Waals surface area (Å²) in [5, 5.41) is 3.75. The Labute approximate surface area is 120 Å². The van der Waals surface area contributed by atoms with E-state index in [4.69, 9.17) is 0 Å². The molecule has 108 valence electrons. The summed E-state index contributed by atoms with van der Waals surface area (Å²) in [5.74, 6) is -0.0420. The van der Waals surface area contributed by atoms with Gasteiger partial charge in [0.2, 0.25) is 0 Å². The van der Waals surface area contributed by atoms with Crippen molar-refractivity contribution in [2.24, 2.45) is 5.10 Å². The highest BCUT2D eigenvalue weighted by molar-refractivity contribution is 5.78. The van der Waals surface area contributed by atoms with Gasteiger partial charge in [0.05, 0.1) is 6.54 Å². The van der Waals surface area contributed by atoms with Crippen LogP contribution in [-0.4, -0.2) is 54.6 Å². The SMILES string of the molecule is CC=NNC(=O)CN1CCN(Cc2ccccc2)CC1. The van der Waals surface area contributed by atoms with E-state index in [0.717, 1.165) is 32.7 Å². The Morgan fingerprint density at radius 2 is 1.85 bits per heavy atom. The topological polar surface area (TPSA) is 47.9 Å². The van der Waals surface area contributed by atoms with Crippen molar-refractivity contribution in [1.29, 1.82) is 0 Å². The van der Waals surface area contributed by atoms with Crippen LogP contribution in [0.15, 0.2) is 35.4 Å². The van der Waals surface area contributed by atoms with Gasteiger partial charge in [0.15, 0.2) is 0 Å². The van der Waals surface area contributed by atoms with Crippen LogP contribution in [0.4, 0.5) is 0 Å². The summed E-state index contributed by atoms with van der Waals surface area (Å²) >= 11 is 0. The van der Waals surface area contributed by atoms with Crippen molar-refractivity contribution in [3.05, 3.63) is 35.9 Å². The largest absolute Gasteiger partial charge is 0.297 e. The quantitative estimate of drug-likeness (QED) is 0.642. The highest BCUT2D eigenvalue weighted by atomic mass is 16.2. The van der Waals surface area contributed by atoms with E-state index >= 15 is 0 Å². The summed E-state index contributed by atoms with van der Waals surface area (Å²) in [5.41, 5.74) is 3.85. The zero-order valence-electron chi connectivity index (χ0n) is 12.0. The second kappa shape index (κ2) is 7.77. The van der Waals surface area contributed by atoms with Crippen molar-refractivity contribution < 1.29 is 4.79 Å². The number of nitrogens with one attached hydrogen (secondary N) is 1. The van der Waals surface area contributed by atoms with Gasteiger partial charge >= 0.3 is 0 Å². The van der Waals surface area contributed by atoms with Gasteiger partial charge in [-0.15, -0.1) is 0 Å². The van der Waals surface area contributed by atoms with Gasteiger partial charge in [-0.2, -0.15) is 5.10 Å². The Morgan fingerprint density at radius 1 is 1.20 bits per heavy atom. The fourth-order valence-electron chi connectivity index (χ4n) is 2.32. The zero-order valence-corrected chi connectivity index (χ0v) is 12.0. The minimum absolute atomic E-state index is 0.0420. The summed E-state index contributed by atoms with van der Waals surface area (Å²) in [7, 11) is 0. The number of hydrogen-bond donors (Lipinski definition) is 1. The van der Waals surface area contributed by atoms with Crippen LogP contribution in [0.2, 0.25) is 0 Å². The van der Waals surface area contributed by atoms with E-state index < -0.39 is 0 Å². The standard InChI is InChI=1S/C15H22N4O/c1-2-16-17-15(20)13-19-10-8-18(9-11-19)12-14-6-4-3-5-7-14/h2-7H,8-13H2,1H3,(H,17,20). The van der Waals surface area contributed by atoms with Crippen molar-refractivity contribution in [1.82, 2.24) is 15.2 Å². The molecule has 0 bridgehead atoms. The van der Waals surface area contributed by atoms with Gasteiger partial charge in [-0.25, -0.2) is 5.43 Å². The fraction of sp³-hybridized carbons (Fsp3) is 0.467. The van der Waals surface area contributed by atoms with Crippen molar-refractivity contribution in [3.63, 3.8) is 0 Å². The molecule has 0 spiro atoms. The van der Waals surface area contributed by atoms with Gasteiger partial charge in [0.25, 0.3) is 5.91 Å².